The largest absolute Gasteiger partial charge is 0.368 e. The Morgan fingerprint density at radius 3 is 3.11 bits per heavy atom. The fourth-order valence-electron chi connectivity index (χ4n) is 2.44. The van der Waals surface area contributed by atoms with Crippen LogP contribution in [-0.4, -0.2) is 46.5 Å². The lowest BCUT2D eigenvalue weighted by atomic mass is 10.2. The van der Waals surface area contributed by atoms with Crippen molar-refractivity contribution in [3.8, 4) is 0 Å². The van der Waals surface area contributed by atoms with Crippen molar-refractivity contribution in [3.05, 3.63) is 17.5 Å². The van der Waals surface area contributed by atoms with Gasteiger partial charge in [-0.1, -0.05) is 6.92 Å². The molecule has 0 aromatic carbocycles. The highest BCUT2D eigenvalue weighted by Crippen LogP contribution is 2.11. The van der Waals surface area contributed by atoms with Gasteiger partial charge in [0.1, 0.15) is 0 Å². The number of hydrogen-bond acceptors (Lipinski definition) is 5. The number of nitrogens with one attached hydrogen (secondary N) is 1. The number of anilines is 1. The lowest BCUT2D eigenvalue weighted by molar-refractivity contribution is 0.0936. The SMILES string of the molecule is CCCN1CC[C@H](NC(=O)c2cnc(N)nc2C)C1. The van der Waals surface area contributed by atoms with E-state index >= 15 is 0 Å². The highest BCUT2D eigenvalue weighted by molar-refractivity contribution is 5.95. The first-order valence-corrected chi connectivity index (χ1v) is 6.72. The minimum atomic E-state index is -0.110. The summed E-state index contributed by atoms with van der Waals surface area (Å²) in [4.78, 5) is 22.4. The van der Waals surface area contributed by atoms with E-state index in [1.165, 1.54) is 6.20 Å². The third-order valence-corrected chi connectivity index (χ3v) is 3.39. The van der Waals surface area contributed by atoms with Crippen LogP contribution in [0.15, 0.2) is 6.20 Å². The van der Waals surface area contributed by atoms with E-state index in [2.05, 4.69) is 27.1 Å². The van der Waals surface area contributed by atoms with Crippen molar-refractivity contribution in [1.29, 1.82) is 0 Å². The van der Waals surface area contributed by atoms with Crippen molar-refractivity contribution in [2.45, 2.75) is 32.7 Å². The van der Waals surface area contributed by atoms with Crippen LogP contribution in [0.4, 0.5) is 5.95 Å². The van der Waals surface area contributed by atoms with Gasteiger partial charge in [0.15, 0.2) is 0 Å². The first-order valence-electron chi connectivity index (χ1n) is 6.72. The topological polar surface area (TPSA) is 84.1 Å². The summed E-state index contributed by atoms with van der Waals surface area (Å²) in [5, 5.41) is 3.04. The first-order chi connectivity index (χ1) is 9.10. The highest BCUT2D eigenvalue weighted by Gasteiger charge is 2.24. The average molecular weight is 263 g/mol. The molecular formula is C13H21N5O. The van der Waals surface area contributed by atoms with Crippen LogP contribution in [0.3, 0.4) is 0 Å². The third-order valence-electron chi connectivity index (χ3n) is 3.39. The lowest BCUT2D eigenvalue weighted by Gasteiger charge is -2.16. The molecule has 1 atom stereocenters. The van der Waals surface area contributed by atoms with E-state index in [1.54, 1.807) is 6.92 Å². The molecule has 6 heteroatoms. The molecule has 3 N–H and O–H groups in total. The van der Waals surface area contributed by atoms with Crippen molar-refractivity contribution >= 4 is 11.9 Å². The molecule has 0 aliphatic carbocycles. The van der Waals surface area contributed by atoms with E-state index in [0.717, 1.165) is 32.5 Å². The number of carbonyl (C=O) groups excluding carboxylic acids is 1. The summed E-state index contributed by atoms with van der Waals surface area (Å²) in [5.41, 5.74) is 6.60. The number of nitrogens with zero attached hydrogens (tertiary/aromatic N) is 3. The molecule has 0 spiro atoms. The second kappa shape index (κ2) is 5.97. The minimum absolute atomic E-state index is 0.110. The Balaban J connectivity index is 1.94. The van der Waals surface area contributed by atoms with Crippen LogP contribution in [0.5, 0.6) is 0 Å². The van der Waals surface area contributed by atoms with Crippen molar-refractivity contribution in [2.24, 2.45) is 0 Å². The van der Waals surface area contributed by atoms with Crippen LogP contribution in [0.25, 0.3) is 0 Å². The van der Waals surface area contributed by atoms with Crippen LogP contribution in [-0.2, 0) is 0 Å². The van der Waals surface area contributed by atoms with E-state index in [9.17, 15) is 4.79 Å². The van der Waals surface area contributed by atoms with Crippen molar-refractivity contribution < 1.29 is 4.79 Å². The number of rotatable bonds is 4. The normalized spacial score (nSPS) is 19.6. The van der Waals surface area contributed by atoms with Crippen LogP contribution >= 0.6 is 0 Å². The van der Waals surface area contributed by atoms with E-state index in [1.807, 2.05) is 0 Å². The molecule has 104 valence electrons. The van der Waals surface area contributed by atoms with Gasteiger partial charge in [-0.15, -0.1) is 0 Å². The summed E-state index contributed by atoms with van der Waals surface area (Å²) in [6, 6.07) is 0.219. The van der Waals surface area contributed by atoms with Crippen LogP contribution in [0.2, 0.25) is 0 Å². The molecule has 1 aromatic rings. The molecule has 19 heavy (non-hydrogen) atoms. The van der Waals surface area contributed by atoms with Gasteiger partial charge < -0.3 is 16.0 Å². The van der Waals surface area contributed by atoms with Crippen molar-refractivity contribution in [2.75, 3.05) is 25.4 Å². The summed E-state index contributed by atoms with van der Waals surface area (Å²) >= 11 is 0. The van der Waals surface area contributed by atoms with Crippen LogP contribution in [0.1, 0.15) is 35.8 Å². The standard InChI is InChI=1S/C13H21N5O/c1-3-5-18-6-4-10(8-18)17-12(19)11-7-15-13(14)16-9(11)2/h7,10H,3-6,8H2,1-2H3,(H,17,19)(H2,14,15,16)/t10-/m0/s1. The molecule has 1 aliphatic rings. The first kappa shape index (κ1) is 13.7. The summed E-state index contributed by atoms with van der Waals surface area (Å²) in [6.45, 7) is 7.01. The Morgan fingerprint density at radius 2 is 2.42 bits per heavy atom. The second-order valence-corrected chi connectivity index (χ2v) is 4.99. The van der Waals surface area contributed by atoms with E-state index in [-0.39, 0.29) is 17.9 Å². The number of amides is 1. The maximum atomic E-state index is 12.1. The third kappa shape index (κ3) is 3.41. The molecule has 1 fully saturated rings. The zero-order chi connectivity index (χ0) is 13.8. The molecule has 2 heterocycles. The molecule has 1 aliphatic heterocycles. The van der Waals surface area contributed by atoms with Crippen LogP contribution < -0.4 is 11.1 Å². The molecule has 1 aromatic heterocycles. The zero-order valence-corrected chi connectivity index (χ0v) is 11.5. The molecule has 2 rings (SSSR count). The highest BCUT2D eigenvalue weighted by atomic mass is 16.1. The van der Waals surface area contributed by atoms with Gasteiger partial charge in [-0.2, -0.15) is 0 Å². The van der Waals surface area contributed by atoms with Crippen molar-refractivity contribution in [3.63, 3.8) is 0 Å². The maximum Gasteiger partial charge on any atom is 0.254 e. The maximum absolute atomic E-state index is 12.1. The fourth-order valence-corrected chi connectivity index (χ4v) is 2.44. The fraction of sp³-hybridized carbons (Fsp3) is 0.615. The number of nitrogens with two attached hydrogens (primary N) is 1. The van der Waals surface area contributed by atoms with Gasteiger partial charge in [0, 0.05) is 25.3 Å². The molecule has 6 nitrogen and oxygen atoms in total. The number of hydrogen-bond donors (Lipinski definition) is 2. The van der Waals surface area contributed by atoms with Gasteiger partial charge in [-0.25, -0.2) is 9.97 Å². The Kier molecular flexibility index (Phi) is 4.31. The summed E-state index contributed by atoms with van der Waals surface area (Å²) in [5.74, 6) is 0.0879. The lowest BCUT2D eigenvalue weighted by Crippen LogP contribution is -2.37. The molecule has 0 unspecified atom stereocenters. The number of nitrogen functional groups attached to an aromatic ring is 1. The van der Waals surface area contributed by atoms with Gasteiger partial charge in [-0.05, 0) is 26.3 Å². The number of carbonyl (C=O) groups is 1. The van der Waals surface area contributed by atoms with E-state index in [4.69, 9.17) is 5.73 Å². The van der Waals surface area contributed by atoms with E-state index in [0.29, 0.717) is 11.3 Å². The number of aryl methyl sites for hydroxylation is 1. The molecule has 1 saturated heterocycles. The quantitative estimate of drug-likeness (QED) is 0.830. The van der Waals surface area contributed by atoms with Crippen LogP contribution in [0, 0.1) is 6.92 Å². The molecule has 1 amide bonds. The molecule has 0 radical (unpaired) electrons. The van der Waals surface area contributed by atoms with E-state index < -0.39 is 0 Å². The Bertz CT molecular complexity index is 462. The predicted molar refractivity (Wildman–Crippen MR) is 73.8 cm³/mol. The Hall–Kier alpha value is -1.69. The van der Waals surface area contributed by atoms with Crippen molar-refractivity contribution in [1.82, 2.24) is 20.2 Å². The summed E-state index contributed by atoms with van der Waals surface area (Å²) < 4.78 is 0. The van der Waals surface area contributed by atoms with Gasteiger partial charge in [0.05, 0.1) is 11.3 Å². The van der Waals surface area contributed by atoms with Gasteiger partial charge in [0.25, 0.3) is 5.91 Å². The molecule has 0 saturated carbocycles. The molecule has 0 bridgehead atoms. The summed E-state index contributed by atoms with van der Waals surface area (Å²) in [7, 11) is 0. The average Bonchev–Trinajstić information content (AvgIpc) is 2.76. The minimum Gasteiger partial charge on any atom is -0.368 e. The van der Waals surface area contributed by atoms with Gasteiger partial charge in [-0.3, -0.25) is 4.79 Å². The Morgan fingerprint density at radius 1 is 1.63 bits per heavy atom. The molecular weight excluding hydrogens is 242 g/mol. The number of likely N-dealkylation sites (tertiary alicyclic amines) is 1. The predicted octanol–water partition coefficient (Wildman–Crippen LogP) is 0.581. The van der Waals surface area contributed by atoms with Gasteiger partial charge in [0.2, 0.25) is 5.95 Å². The zero-order valence-electron chi connectivity index (χ0n) is 11.5. The smallest absolute Gasteiger partial charge is 0.254 e. The second-order valence-electron chi connectivity index (χ2n) is 4.99. The number of aromatic nitrogens is 2. The monoisotopic (exact) mass is 263 g/mol. The summed E-state index contributed by atoms with van der Waals surface area (Å²) in [6.07, 6.45) is 3.64. The Labute approximate surface area is 113 Å². The van der Waals surface area contributed by atoms with Gasteiger partial charge >= 0.3 is 0 Å².